The summed E-state index contributed by atoms with van der Waals surface area (Å²) < 4.78 is 0. The molecule has 1 aliphatic carbocycles. The van der Waals surface area contributed by atoms with Crippen molar-refractivity contribution in [1.82, 2.24) is 9.80 Å². The second-order valence-electron chi connectivity index (χ2n) is 7.19. The predicted octanol–water partition coefficient (Wildman–Crippen LogP) is 1.95. The molecule has 0 aromatic rings. The van der Waals surface area contributed by atoms with Gasteiger partial charge in [-0.2, -0.15) is 0 Å². The number of likely N-dealkylation sites (N-methyl/N-ethyl adjacent to an activating group) is 1. The zero-order chi connectivity index (χ0) is 13.3. The molecule has 0 spiro atoms. The smallest absolute Gasteiger partial charge is 0.0746 e. The van der Waals surface area contributed by atoms with Gasteiger partial charge in [0.25, 0.3) is 0 Å². The summed E-state index contributed by atoms with van der Waals surface area (Å²) in [6.45, 7) is 6.75. The fourth-order valence-electron chi connectivity index (χ4n) is 3.85. The standard InChI is InChI=1S/C15H30N2O/c1-15(2)9-5-8-13(14(15)18)17-10-6-7-12(17)11-16(3)4/h12-14,18H,5-11H2,1-4H3. The van der Waals surface area contributed by atoms with Gasteiger partial charge in [-0.3, -0.25) is 4.90 Å². The lowest BCUT2D eigenvalue weighted by Crippen LogP contribution is -2.55. The molecule has 3 atom stereocenters. The highest BCUT2D eigenvalue weighted by Gasteiger charge is 2.43. The maximum atomic E-state index is 10.7. The number of aliphatic hydroxyl groups is 1. The van der Waals surface area contributed by atoms with E-state index in [2.05, 4.69) is 37.7 Å². The van der Waals surface area contributed by atoms with Crippen LogP contribution in [-0.2, 0) is 0 Å². The lowest BCUT2D eigenvalue weighted by Gasteiger charge is -2.46. The van der Waals surface area contributed by atoms with Crippen LogP contribution in [0, 0.1) is 5.41 Å². The van der Waals surface area contributed by atoms with E-state index >= 15 is 0 Å². The molecule has 0 bridgehead atoms. The Balaban J connectivity index is 2.05. The van der Waals surface area contributed by atoms with Gasteiger partial charge < -0.3 is 10.0 Å². The third kappa shape index (κ3) is 2.89. The molecule has 1 saturated carbocycles. The highest BCUT2D eigenvalue weighted by atomic mass is 16.3. The normalized spacial score (nSPS) is 37.3. The number of aliphatic hydroxyl groups excluding tert-OH is 1. The van der Waals surface area contributed by atoms with E-state index < -0.39 is 0 Å². The molecular weight excluding hydrogens is 224 g/mol. The van der Waals surface area contributed by atoms with Crippen molar-refractivity contribution in [1.29, 1.82) is 0 Å². The summed E-state index contributed by atoms with van der Waals surface area (Å²) in [6, 6.07) is 1.04. The lowest BCUT2D eigenvalue weighted by molar-refractivity contribution is -0.0624. The Labute approximate surface area is 112 Å². The van der Waals surface area contributed by atoms with Gasteiger partial charge in [0.2, 0.25) is 0 Å². The molecule has 0 aromatic carbocycles. The highest BCUT2D eigenvalue weighted by molar-refractivity contribution is 4.97. The van der Waals surface area contributed by atoms with Crippen LogP contribution in [0.3, 0.4) is 0 Å². The van der Waals surface area contributed by atoms with E-state index in [1.165, 1.54) is 32.2 Å². The zero-order valence-electron chi connectivity index (χ0n) is 12.5. The second kappa shape index (κ2) is 5.48. The van der Waals surface area contributed by atoms with Gasteiger partial charge in [0.05, 0.1) is 6.10 Å². The summed E-state index contributed by atoms with van der Waals surface area (Å²) >= 11 is 0. The molecule has 106 valence electrons. The summed E-state index contributed by atoms with van der Waals surface area (Å²) in [5.41, 5.74) is 0.0914. The minimum Gasteiger partial charge on any atom is -0.391 e. The number of nitrogens with zero attached hydrogens (tertiary/aromatic N) is 2. The van der Waals surface area contributed by atoms with Crippen LogP contribution in [0.2, 0.25) is 0 Å². The van der Waals surface area contributed by atoms with Crippen molar-refractivity contribution in [2.24, 2.45) is 5.41 Å². The molecule has 2 rings (SSSR count). The van der Waals surface area contributed by atoms with Crippen LogP contribution >= 0.6 is 0 Å². The molecular formula is C15H30N2O. The summed E-state index contributed by atoms with van der Waals surface area (Å²) in [5.74, 6) is 0. The fraction of sp³-hybridized carbons (Fsp3) is 1.00. The van der Waals surface area contributed by atoms with E-state index in [0.29, 0.717) is 12.1 Å². The number of hydrogen-bond acceptors (Lipinski definition) is 3. The Morgan fingerprint density at radius 1 is 1.22 bits per heavy atom. The molecule has 3 unspecified atom stereocenters. The average molecular weight is 254 g/mol. The third-order valence-corrected chi connectivity index (χ3v) is 4.91. The average Bonchev–Trinajstić information content (AvgIpc) is 2.69. The molecule has 0 amide bonds. The second-order valence-corrected chi connectivity index (χ2v) is 7.19. The van der Waals surface area contributed by atoms with E-state index in [4.69, 9.17) is 0 Å². The van der Waals surface area contributed by atoms with Crippen molar-refractivity contribution >= 4 is 0 Å². The third-order valence-electron chi connectivity index (χ3n) is 4.91. The number of rotatable bonds is 3. The molecule has 2 aliphatic rings. The summed E-state index contributed by atoms with van der Waals surface area (Å²) in [4.78, 5) is 4.88. The Hall–Kier alpha value is -0.120. The molecule has 2 fully saturated rings. The van der Waals surface area contributed by atoms with Gasteiger partial charge in [0.1, 0.15) is 0 Å². The summed E-state index contributed by atoms with van der Waals surface area (Å²) in [7, 11) is 4.30. The SMILES string of the molecule is CN(C)CC1CCCN1C1CCCC(C)(C)C1O. The largest absolute Gasteiger partial charge is 0.391 e. The fourth-order valence-corrected chi connectivity index (χ4v) is 3.85. The monoisotopic (exact) mass is 254 g/mol. The van der Waals surface area contributed by atoms with Crippen LogP contribution in [0.15, 0.2) is 0 Å². The first-order chi connectivity index (χ1) is 8.42. The van der Waals surface area contributed by atoms with Crippen LogP contribution in [0.5, 0.6) is 0 Å². The zero-order valence-corrected chi connectivity index (χ0v) is 12.5. The molecule has 18 heavy (non-hydrogen) atoms. The minimum absolute atomic E-state index is 0.0914. The Kier molecular flexibility index (Phi) is 4.35. The van der Waals surface area contributed by atoms with Crippen molar-refractivity contribution in [2.75, 3.05) is 27.2 Å². The van der Waals surface area contributed by atoms with Gasteiger partial charge in [0, 0.05) is 18.6 Å². The first-order valence-corrected chi connectivity index (χ1v) is 7.50. The Morgan fingerprint density at radius 3 is 2.61 bits per heavy atom. The predicted molar refractivity (Wildman–Crippen MR) is 75.7 cm³/mol. The Bertz CT molecular complexity index is 278. The number of likely N-dealkylation sites (tertiary alicyclic amines) is 1. The van der Waals surface area contributed by atoms with Crippen molar-refractivity contribution in [3.05, 3.63) is 0 Å². The molecule has 1 heterocycles. The molecule has 1 N–H and O–H groups in total. The highest BCUT2D eigenvalue weighted by Crippen LogP contribution is 2.39. The molecule has 0 aromatic heterocycles. The minimum atomic E-state index is -0.158. The van der Waals surface area contributed by atoms with Crippen LogP contribution in [0.4, 0.5) is 0 Å². The lowest BCUT2D eigenvalue weighted by atomic mass is 9.72. The van der Waals surface area contributed by atoms with E-state index in [1.807, 2.05) is 0 Å². The Morgan fingerprint density at radius 2 is 1.94 bits per heavy atom. The van der Waals surface area contributed by atoms with Crippen LogP contribution in [0.1, 0.15) is 46.0 Å². The first kappa shape index (κ1) is 14.3. The van der Waals surface area contributed by atoms with Crippen molar-refractivity contribution in [3.8, 4) is 0 Å². The summed E-state index contributed by atoms with van der Waals surface area (Å²) in [6.07, 6.45) is 6.03. The van der Waals surface area contributed by atoms with E-state index in [-0.39, 0.29) is 11.5 Å². The molecule has 0 radical (unpaired) electrons. The number of hydrogen-bond donors (Lipinski definition) is 1. The maximum Gasteiger partial charge on any atom is 0.0746 e. The quantitative estimate of drug-likeness (QED) is 0.834. The molecule has 3 nitrogen and oxygen atoms in total. The molecule has 3 heteroatoms. The van der Waals surface area contributed by atoms with E-state index in [9.17, 15) is 5.11 Å². The van der Waals surface area contributed by atoms with Gasteiger partial charge in [-0.25, -0.2) is 0 Å². The van der Waals surface area contributed by atoms with Crippen LogP contribution in [-0.4, -0.2) is 60.3 Å². The van der Waals surface area contributed by atoms with E-state index in [0.717, 1.165) is 13.0 Å². The molecule has 1 saturated heterocycles. The van der Waals surface area contributed by atoms with Gasteiger partial charge >= 0.3 is 0 Å². The topological polar surface area (TPSA) is 26.7 Å². The van der Waals surface area contributed by atoms with Gasteiger partial charge in [0.15, 0.2) is 0 Å². The first-order valence-electron chi connectivity index (χ1n) is 7.50. The van der Waals surface area contributed by atoms with Gasteiger partial charge in [-0.15, -0.1) is 0 Å². The van der Waals surface area contributed by atoms with Gasteiger partial charge in [-0.05, 0) is 51.7 Å². The van der Waals surface area contributed by atoms with Crippen molar-refractivity contribution in [2.45, 2.75) is 64.1 Å². The van der Waals surface area contributed by atoms with E-state index in [1.54, 1.807) is 0 Å². The van der Waals surface area contributed by atoms with Crippen molar-refractivity contribution in [3.63, 3.8) is 0 Å². The van der Waals surface area contributed by atoms with Gasteiger partial charge in [-0.1, -0.05) is 20.3 Å². The van der Waals surface area contributed by atoms with Crippen molar-refractivity contribution < 1.29 is 5.11 Å². The van der Waals surface area contributed by atoms with Crippen LogP contribution < -0.4 is 0 Å². The summed E-state index contributed by atoms with van der Waals surface area (Å²) in [5, 5.41) is 10.7. The maximum absolute atomic E-state index is 10.7. The van der Waals surface area contributed by atoms with Crippen LogP contribution in [0.25, 0.3) is 0 Å². The molecule has 1 aliphatic heterocycles.